The monoisotopic (exact) mass is 556 g/mol. The standard InChI is InChI=1S/C29H28N6O4S/c1-18-16-35(17-19(2)39-18)28-6-4-5-25(34-28)26-8-7-21-14-31-23(12-27(21)33-26)15-32-29(36)22-9-20(13-30)10-24(11-22)40(3,37)38/h4-12,14,18-19H,15-17H2,1-3H3,(H,32,36)/t18-,19+. The molecule has 0 aliphatic carbocycles. The Kier molecular flexibility index (Phi) is 7.47. The first-order valence-corrected chi connectivity index (χ1v) is 14.6. The zero-order valence-corrected chi connectivity index (χ0v) is 23.1. The highest BCUT2D eigenvalue weighted by molar-refractivity contribution is 7.90. The number of amides is 1. The van der Waals surface area contributed by atoms with E-state index in [0.717, 1.165) is 36.2 Å². The third-order valence-corrected chi connectivity index (χ3v) is 7.62. The van der Waals surface area contributed by atoms with Crippen LogP contribution in [0.3, 0.4) is 0 Å². The van der Waals surface area contributed by atoms with E-state index in [1.165, 1.54) is 18.2 Å². The van der Waals surface area contributed by atoms with Gasteiger partial charge in [-0.2, -0.15) is 5.26 Å². The van der Waals surface area contributed by atoms with Crippen molar-refractivity contribution in [3.63, 3.8) is 0 Å². The van der Waals surface area contributed by atoms with Gasteiger partial charge >= 0.3 is 0 Å². The van der Waals surface area contributed by atoms with Crippen molar-refractivity contribution in [2.45, 2.75) is 37.5 Å². The van der Waals surface area contributed by atoms with Gasteiger partial charge in [-0.1, -0.05) is 6.07 Å². The number of fused-ring (bicyclic) bond motifs is 1. The first kappa shape index (κ1) is 27.2. The highest BCUT2D eigenvalue weighted by Crippen LogP contribution is 2.24. The SMILES string of the molecule is C[C@@H]1CN(c2cccc(-c3ccc4cnc(CNC(=O)c5cc(C#N)cc(S(C)(=O)=O)c5)cc4n3)n2)C[C@H](C)O1. The van der Waals surface area contributed by atoms with Crippen LogP contribution in [0.5, 0.6) is 0 Å². The summed E-state index contributed by atoms with van der Waals surface area (Å²) in [5, 5.41) is 12.8. The van der Waals surface area contributed by atoms with Crippen molar-refractivity contribution in [3.8, 4) is 17.5 Å². The highest BCUT2D eigenvalue weighted by atomic mass is 32.2. The number of benzene rings is 1. The second kappa shape index (κ2) is 11.0. The number of ether oxygens (including phenoxy) is 1. The zero-order chi connectivity index (χ0) is 28.4. The van der Waals surface area contributed by atoms with Gasteiger partial charge in [-0.15, -0.1) is 0 Å². The number of morpholine rings is 1. The van der Waals surface area contributed by atoms with Gasteiger partial charge < -0.3 is 15.0 Å². The quantitative estimate of drug-likeness (QED) is 0.378. The number of carbonyl (C=O) groups is 1. The number of nitrogens with zero attached hydrogens (tertiary/aromatic N) is 5. The van der Waals surface area contributed by atoms with Crippen LogP contribution < -0.4 is 10.2 Å². The van der Waals surface area contributed by atoms with Crippen molar-refractivity contribution in [1.82, 2.24) is 20.3 Å². The topological polar surface area (TPSA) is 138 Å². The average Bonchev–Trinajstić information content (AvgIpc) is 2.94. The van der Waals surface area contributed by atoms with Gasteiger partial charge in [0.05, 0.1) is 57.9 Å². The van der Waals surface area contributed by atoms with Gasteiger partial charge in [0.25, 0.3) is 5.91 Å². The van der Waals surface area contributed by atoms with Crippen LogP contribution in [0.4, 0.5) is 5.82 Å². The molecule has 0 unspecified atom stereocenters. The third-order valence-electron chi connectivity index (χ3n) is 6.53. The van der Waals surface area contributed by atoms with Gasteiger partial charge in [0.2, 0.25) is 0 Å². The largest absolute Gasteiger partial charge is 0.372 e. The molecule has 1 aliphatic heterocycles. The Hall–Kier alpha value is -4.40. The molecule has 5 rings (SSSR count). The van der Waals surface area contributed by atoms with Gasteiger partial charge in [-0.3, -0.25) is 9.78 Å². The van der Waals surface area contributed by atoms with Crippen LogP contribution in [0.1, 0.15) is 35.5 Å². The average molecular weight is 557 g/mol. The number of hydrogen-bond donors (Lipinski definition) is 1. The lowest BCUT2D eigenvalue weighted by Gasteiger charge is -2.36. The van der Waals surface area contributed by atoms with Crippen LogP contribution in [-0.4, -0.2) is 60.8 Å². The summed E-state index contributed by atoms with van der Waals surface area (Å²) in [5.74, 6) is 0.359. The molecule has 0 radical (unpaired) electrons. The van der Waals surface area contributed by atoms with Crippen molar-refractivity contribution in [2.24, 2.45) is 0 Å². The van der Waals surface area contributed by atoms with E-state index >= 15 is 0 Å². The molecule has 40 heavy (non-hydrogen) atoms. The van der Waals surface area contributed by atoms with E-state index < -0.39 is 15.7 Å². The Labute approximate surface area is 232 Å². The Morgan fingerprint density at radius 2 is 1.82 bits per heavy atom. The van der Waals surface area contributed by atoms with E-state index in [0.29, 0.717) is 16.9 Å². The molecular weight excluding hydrogens is 528 g/mol. The first-order valence-electron chi connectivity index (χ1n) is 12.8. The minimum absolute atomic E-state index is 0.0793. The van der Waals surface area contributed by atoms with Crippen LogP contribution in [-0.2, 0) is 21.1 Å². The first-order chi connectivity index (χ1) is 19.1. The molecule has 11 heteroatoms. The van der Waals surface area contributed by atoms with Gasteiger partial charge in [0.15, 0.2) is 9.84 Å². The lowest BCUT2D eigenvalue weighted by atomic mass is 10.1. The van der Waals surface area contributed by atoms with Crippen LogP contribution in [0.2, 0.25) is 0 Å². The molecule has 3 aromatic heterocycles. The van der Waals surface area contributed by atoms with Crippen LogP contribution in [0.15, 0.2) is 65.7 Å². The molecule has 204 valence electrons. The van der Waals surface area contributed by atoms with E-state index in [1.807, 2.05) is 36.4 Å². The Morgan fingerprint density at radius 3 is 2.55 bits per heavy atom. The van der Waals surface area contributed by atoms with E-state index in [2.05, 4.69) is 29.0 Å². The summed E-state index contributed by atoms with van der Waals surface area (Å²) in [6.07, 6.45) is 2.96. The molecule has 0 saturated carbocycles. The maximum atomic E-state index is 12.8. The molecule has 0 spiro atoms. The predicted octanol–water partition coefficient (Wildman–Crippen LogP) is 3.51. The maximum Gasteiger partial charge on any atom is 0.251 e. The van der Waals surface area contributed by atoms with E-state index in [9.17, 15) is 18.5 Å². The fourth-order valence-electron chi connectivity index (χ4n) is 4.69. The Morgan fingerprint density at radius 1 is 1.07 bits per heavy atom. The number of hydrogen-bond acceptors (Lipinski definition) is 9. The van der Waals surface area contributed by atoms with Crippen LogP contribution >= 0.6 is 0 Å². The lowest BCUT2D eigenvalue weighted by Crippen LogP contribution is -2.45. The number of nitriles is 1. The van der Waals surface area contributed by atoms with Crippen LogP contribution in [0, 0.1) is 11.3 Å². The summed E-state index contributed by atoms with van der Waals surface area (Å²) >= 11 is 0. The second-order valence-electron chi connectivity index (χ2n) is 9.92. The van der Waals surface area contributed by atoms with Crippen LogP contribution in [0.25, 0.3) is 22.3 Å². The third kappa shape index (κ3) is 6.09. The molecule has 10 nitrogen and oxygen atoms in total. The molecule has 0 bridgehead atoms. The van der Waals surface area contributed by atoms with Gasteiger partial charge in [0, 0.05) is 36.5 Å². The fourth-order valence-corrected chi connectivity index (χ4v) is 5.37. The molecule has 1 saturated heterocycles. The lowest BCUT2D eigenvalue weighted by molar-refractivity contribution is -0.00545. The summed E-state index contributed by atoms with van der Waals surface area (Å²) in [5.41, 5.74) is 2.90. The molecule has 1 aliphatic rings. The van der Waals surface area contributed by atoms with Crippen molar-refractivity contribution in [1.29, 1.82) is 5.26 Å². The minimum Gasteiger partial charge on any atom is -0.372 e. The molecule has 4 aromatic rings. The zero-order valence-electron chi connectivity index (χ0n) is 22.3. The number of pyridine rings is 3. The predicted molar refractivity (Wildman–Crippen MR) is 150 cm³/mol. The summed E-state index contributed by atoms with van der Waals surface area (Å²) < 4.78 is 29.8. The smallest absolute Gasteiger partial charge is 0.251 e. The molecule has 1 aromatic carbocycles. The number of sulfone groups is 1. The van der Waals surface area contributed by atoms with Gasteiger partial charge in [-0.25, -0.2) is 18.4 Å². The number of aromatic nitrogens is 3. The Balaban J connectivity index is 1.35. The fraction of sp³-hybridized carbons (Fsp3) is 0.276. The maximum absolute atomic E-state index is 12.8. The molecule has 4 heterocycles. The van der Waals surface area contributed by atoms with Gasteiger partial charge in [-0.05, 0) is 62.4 Å². The van der Waals surface area contributed by atoms with Crippen molar-refractivity contribution >= 4 is 32.5 Å². The van der Waals surface area contributed by atoms with Crippen molar-refractivity contribution < 1.29 is 17.9 Å². The Bertz CT molecular complexity index is 1740. The summed E-state index contributed by atoms with van der Waals surface area (Å²) in [4.78, 5) is 29.0. The molecular formula is C29H28N6O4S. The van der Waals surface area contributed by atoms with Gasteiger partial charge in [0.1, 0.15) is 5.82 Å². The minimum atomic E-state index is -3.59. The number of nitrogens with one attached hydrogen (secondary N) is 1. The molecule has 1 amide bonds. The number of carbonyl (C=O) groups excluding carboxylic acids is 1. The normalized spacial score (nSPS) is 17.4. The number of anilines is 1. The van der Waals surface area contributed by atoms with Crippen molar-refractivity contribution in [2.75, 3.05) is 24.2 Å². The summed E-state index contributed by atoms with van der Waals surface area (Å²) in [6.45, 7) is 5.74. The molecule has 2 atom stereocenters. The van der Waals surface area contributed by atoms with E-state index in [4.69, 9.17) is 14.7 Å². The molecule has 1 fully saturated rings. The summed E-state index contributed by atoms with van der Waals surface area (Å²) in [6, 6.07) is 17.3. The van der Waals surface area contributed by atoms with E-state index in [-0.39, 0.29) is 34.8 Å². The highest BCUT2D eigenvalue weighted by Gasteiger charge is 2.23. The second-order valence-corrected chi connectivity index (χ2v) is 11.9. The number of rotatable bonds is 6. The molecule has 1 N–H and O–H groups in total. The van der Waals surface area contributed by atoms with Crippen molar-refractivity contribution in [3.05, 3.63) is 77.6 Å². The van der Waals surface area contributed by atoms with E-state index in [1.54, 1.807) is 12.3 Å². The summed E-state index contributed by atoms with van der Waals surface area (Å²) in [7, 11) is -3.59.